The molecular formula is C30H56Si. The van der Waals surface area contributed by atoms with E-state index in [1.54, 1.807) is 23.3 Å². The van der Waals surface area contributed by atoms with Crippen LogP contribution in [0.15, 0.2) is 30.3 Å². The van der Waals surface area contributed by atoms with E-state index in [0.29, 0.717) is 0 Å². The Kier molecular flexibility index (Phi) is 15.6. The second-order valence-corrected chi connectivity index (χ2v) is 14.9. The van der Waals surface area contributed by atoms with Crippen LogP contribution in [-0.4, -0.2) is 8.07 Å². The molecule has 3 atom stereocenters. The smallest absolute Gasteiger partial charge is 0.0654 e. The molecule has 0 saturated carbocycles. The molecule has 0 aliphatic rings. The van der Waals surface area contributed by atoms with Gasteiger partial charge >= 0.3 is 0 Å². The highest BCUT2D eigenvalue weighted by molar-refractivity contribution is 6.92. The van der Waals surface area contributed by atoms with Crippen LogP contribution in [-0.2, 0) is 0 Å². The normalized spacial score (nSPS) is 15.0. The van der Waals surface area contributed by atoms with Crippen LogP contribution in [0.3, 0.4) is 0 Å². The van der Waals surface area contributed by atoms with Gasteiger partial charge in [-0.1, -0.05) is 172 Å². The first-order valence-corrected chi connectivity index (χ1v) is 16.8. The monoisotopic (exact) mass is 444 g/mol. The molecule has 0 amide bonds. The largest absolute Gasteiger partial charge is 0.0875 e. The van der Waals surface area contributed by atoms with Crippen molar-refractivity contribution in [3.8, 4) is 0 Å². The van der Waals surface area contributed by atoms with Gasteiger partial charge in [-0.3, -0.25) is 0 Å². The summed E-state index contributed by atoms with van der Waals surface area (Å²) in [6.45, 7) is 14.5. The number of hydrogen-bond donors (Lipinski definition) is 0. The highest BCUT2D eigenvalue weighted by atomic mass is 28.3. The van der Waals surface area contributed by atoms with E-state index in [4.69, 9.17) is 0 Å². The lowest BCUT2D eigenvalue weighted by Crippen LogP contribution is -2.51. The molecule has 1 rings (SSSR count). The van der Waals surface area contributed by atoms with E-state index in [2.05, 4.69) is 71.9 Å². The van der Waals surface area contributed by atoms with Gasteiger partial charge in [-0.15, -0.1) is 0 Å². The van der Waals surface area contributed by atoms with Gasteiger partial charge in [0.25, 0.3) is 0 Å². The van der Waals surface area contributed by atoms with E-state index in [-0.39, 0.29) is 0 Å². The summed E-state index contributed by atoms with van der Waals surface area (Å²) in [7, 11) is -1.57. The number of rotatable bonds is 19. The Morgan fingerprint density at radius 1 is 0.548 bits per heavy atom. The van der Waals surface area contributed by atoms with Crippen LogP contribution in [0.25, 0.3) is 0 Å². The van der Waals surface area contributed by atoms with Crippen LogP contribution >= 0.6 is 0 Å². The second-order valence-electron chi connectivity index (χ2n) is 10.5. The second kappa shape index (κ2) is 17.0. The average Bonchev–Trinajstić information content (AvgIpc) is 2.82. The Morgan fingerprint density at radius 2 is 0.903 bits per heavy atom. The third-order valence-corrected chi connectivity index (χ3v) is 13.7. The van der Waals surface area contributed by atoms with Crippen molar-refractivity contribution in [2.24, 2.45) is 17.8 Å². The maximum atomic E-state index is 2.54. The summed E-state index contributed by atoms with van der Waals surface area (Å²) in [6, 6.07) is 16.6. The summed E-state index contributed by atoms with van der Waals surface area (Å²) in [5.41, 5.74) is 0. The third-order valence-electron chi connectivity index (χ3n) is 8.05. The van der Waals surface area contributed by atoms with Crippen LogP contribution < -0.4 is 5.19 Å². The van der Waals surface area contributed by atoms with Crippen molar-refractivity contribution >= 4 is 13.3 Å². The highest BCUT2D eigenvalue weighted by Crippen LogP contribution is 2.38. The first-order valence-electron chi connectivity index (χ1n) is 14.1. The van der Waals surface area contributed by atoms with Crippen LogP contribution in [0.5, 0.6) is 0 Å². The van der Waals surface area contributed by atoms with E-state index in [9.17, 15) is 0 Å². The average molecular weight is 445 g/mol. The summed E-state index contributed by atoms with van der Waals surface area (Å²) < 4.78 is 0. The van der Waals surface area contributed by atoms with E-state index >= 15 is 0 Å². The SMILES string of the molecule is CCCC[C@H](CC)C[Si](C[C@@H](CC)CCCC)(C[C@@H](CC)CCCC)c1ccccc1. The van der Waals surface area contributed by atoms with E-state index in [0.717, 1.165) is 17.8 Å². The predicted octanol–water partition coefficient (Wildman–Crippen LogP) is 9.99. The molecule has 0 radical (unpaired) electrons. The van der Waals surface area contributed by atoms with Gasteiger partial charge in [0.2, 0.25) is 0 Å². The molecule has 0 heterocycles. The van der Waals surface area contributed by atoms with Crippen LogP contribution in [0.4, 0.5) is 0 Å². The lowest BCUT2D eigenvalue weighted by atomic mass is 10.0. The van der Waals surface area contributed by atoms with Gasteiger partial charge in [0.1, 0.15) is 0 Å². The maximum absolute atomic E-state index is 2.54. The van der Waals surface area contributed by atoms with Crippen LogP contribution in [0.2, 0.25) is 18.1 Å². The summed E-state index contributed by atoms with van der Waals surface area (Å²) >= 11 is 0. The Bertz CT molecular complexity index is 477. The minimum Gasteiger partial charge on any atom is -0.0654 e. The molecule has 0 bridgehead atoms. The number of unbranched alkanes of at least 4 members (excludes halogenated alkanes) is 3. The fourth-order valence-electron chi connectivity index (χ4n) is 5.88. The predicted molar refractivity (Wildman–Crippen MR) is 146 cm³/mol. The molecule has 0 spiro atoms. The molecule has 0 aliphatic carbocycles. The first-order chi connectivity index (χ1) is 15.1. The third kappa shape index (κ3) is 10.3. The van der Waals surface area contributed by atoms with E-state index in [1.165, 1.54) is 77.0 Å². The minimum absolute atomic E-state index is 0.930. The number of benzene rings is 1. The molecule has 1 heteroatoms. The van der Waals surface area contributed by atoms with E-state index < -0.39 is 8.07 Å². The molecular weight excluding hydrogens is 388 g/mol. The van der Waals surface area contributed by atoms with Crippen molar-refractivity contribution in [1.82, 2.24) is 0 Å². The molecule has 0 fully saturated rings. The Hall–Kier alpha value is -0.563. The minimum atomic E-state index is -1.57. The molecule has 0 unspecified atom stereocenters. The molecule has 1 aromatic carbocycles. The molecule has 31 heavy (non-hydrogen) atoms. The fourth-order valence-corrected chi connectivity index (χ4v) is 12.8. The van der Waals surface area contributed by atoms with Gasteiger partial charge in [0, 0.05) is 0 Å². The maximum Gasteiger partial charge on any atom is 0.0875 e. The summed E-state index contributed by atoms with van der Waals surface area (Å²) in [4.78, 5) is 0. The van der Waals surface area contributed by atoms with Crippen molar-refractivity contribution in [3.05, 3.63) is 30.3 Å². The van der Waals surface area contributed by atoms with Gasteiger partial charge in [0.15, 0.2) is 0 Å². The lowest BCUT2D eigenvalue weighted by Gasteiger charge is -2.41. The van der Waals surface area contributed by atoms with Crippen molar-refractivity contribution in [2.45, 2.75) is 137 Å². The zero-order chi connectivity index (χ0) is 23.0. The summed E-state index contributed by atoms with van der Waals surface area (Å²) in [5.74, 6) is 2.79. The van der Waals surface area contributed by atoms with Crippen molar-refractivity contribution in [3.63, 3.8) is 0 Å². The topological polar surface area (TPSA) is 0 Å². The fraction of sp³-hybridized carbons (Fsp3) is 0.800. The van der Waals surface area contributed by atoms with Gasteiger partial charge in [-0.25, -0.2) is 0 Å². The van der Waals surface area contributed by atoms with Crippen molar-refractivity contribution < 1.29 is 0 Å². The first kappa shape index (κ1) is 28.5. The molecule has 1 aromatic rings. The van der Waals surface area contributed by atoms with Crippen LogP contribution in [0.1, 0.15) is 119 Å². The molecule has 0 nitrogen and oxygen atoms in total. The highest BCUT2D eigenvalue weighted by Gasteiger charge is 2.40. The zero-order valence-corrected chi connectivity index (χ0v) is 23.2. The summed E-state index contributed by atoms with van der Waals surface area (Å²) in [6.07, 6.45) is 16.8. The van der Waals surface area contributed by atoms with Crippen molar-refractivity contribution in [1.29, 1.82) is 0 Å². The molecule has 0 saturated heterocycles. The quantitative estimate of drug-likeness (QED) is 0.186. The number of hydrogen-bond acceptors (Lipinski definition) is 0. The summed E-state index contributed by atoms with van der Waals surface area (Å²) in [5, 5.41) is 1.79. The standard InChI is InChI=1S/C30H56Si/c1-7-13-19-27(10-4)24-31(30-22-17-16-18-23-30,25-28(11-5)20-14-8-2)26-29(12-6)21-15-9-3/h16-18,22-23,27-29H,7-15,19-21,24-26H2,1-6H3/t27-,28-,29-/m0/s1. The zero-order valence-electron chi connectivity index (χ0n) is 22.2. The molecule has 180 valence electrons. The van der Waals surface area contributed by atoms with Gasteiger partial charge in [-0.05, 0) is 17.8 Å². The van der Waals surface area contributed by atoms with Gasteiger partial charge in [-0.2, -0.15) is 0 Å². The molecule has 0 aliphatic heterocycles. The Balaban J connectivity index is 3.35. The lowest BCUT2D eigenvalue weighted by molar-refractivity contribution is 0.448. The molecule has 0 N–H and O–H groups in total. The van der Waals surface area contributed by atoms with Crippen LogP contribution in [0, 0.1) is 17.8 Å². The Morgan fingerprint density at radius 3 is 1.19 bits per heavy atom. The molecule has 0 aromatic heterocycles. The van der Waals surface area contributed by atoms with Crippen molar-refractivity contribution in [2.75, 3.05) is 0 Å². The van der Waals surface area contributed by atoms with Gasteiger partial charge < -0.3 is 0 Å². The van der Waals surface area contributed by atoms with E-state index in [1.807, 2.05) is 0 Å². The van der Waals surface area contributed by atoms with Gasteiger partial charge in [0.05, 0.1) is 8.07 Å². The Labute approximate surface area is 198 Å².